The number of nitrogens with two attached hydrogens (primary N) is 1. The summed E-state index contributed by atoms with van der Waals surface area (Å²) in [5.41, 5.74) is 5.76. The van der Waals surface area contributed by atoms with Gasteiger partial charge in [-0.2, -0.15) is 4.98 Å². The third-order valence-corrected chi connectivity index (χ3v) is 3.00. The van der Waals surface area contributed by atoms with Crippen molar-refractivity contribution in [3.8, 4) is 0 Å². The summed E-state index contributed by atoms with van der Waals surface area (Å²) >= 11 is 0. The largest absolute Gasteiger partial charge is 0.368 e. The Bertz CT molecular complexity index is 344. The molecule has 6 nitrogen and oxygen atoms in total. The van der Waals surface area contributed by atoms with E-state index in [1.165, 1.54) is 0 Å². The standard InChI is InChI=1S/C10H20N6/c1-10(2,3)16-6-4-15(5-7-16)9-12-8(11)13-14-9/h4-7H2,1-3H3,(H3,11,12,13,14). The minimum Gasteiger partial charge on any atom is -0.368 e. The van der Waals surface area contributed by atoms with Crippen LogP contribution in [-0.2, 0) is 0 Å². The highest BCUT2D eigenvalue weighted by Gasteiger charge is 2.26. The molecule has 0 bridgehead atoms. The van der Waals surface area contributed by atoms with Crippen LogP contribution in [0.1, 0.15) is 20.8 Å². The van der Waals surface area contributed by atoms with E-state index in [1.54, 1.807) is 0 Å². The molecular weight excluding hydrogens is 204 g/mol. The maximum atomic E-state index is 5.52. The van der Waals surface area contributed by atoms with Crippen molar-refractivity contribution in [3.63, 3.8) is 0 Å². The number of anilines is 2. The lowest BCUT2D eigenvalue weighted by molar-refractivity contribution is 0.128. The molecule has 1 aromatic rings. The van der Waals surface area contributed by atoms with E-state index in [0.717, 1.165) is 26.2 Å². The van der Waals surface area contributed by atoms with Crippen molar-refractivity contribution in [1.29, 1.82) is 0 Å². The van der Waals surface area contributed by atoms with Crippen molar-refractivity contribution < 1.29 is 0 Å². The van der Waals surface area contributed by atoms with Crippen LogP contribution in [0.25, 0.3) is 0 Å². The van der Waals surface area contributed by atoms with Gasteiger partial charge in [0.15, 0.2) is 0 Å². The van der Waals surface area contributed by atoms with Crippen molar-refractivity contribution in [2.24, 2.45) is 0 Å². The Morgan fingerprint density at radius 2 is 1.81 bits per heavy atom. The Hall–Kier alpha value is -1.30. The van der Waals surface area contributed by atoms with E-state index in [9.17, 15) is 0 Å². The third-order valence-electron chi connectivity index (χ3n) is 3.00. The highest BCUT2D eigenvalue weighted by molar-refractivity contribution is 5.34. The van der Waals surface area contributed by atoms with Crippen molar-refractivity contribution in [2.75, 3.05) is 36.8 Å². The molecule has 0 aromatic carbocycles. The van der Waals surface area contributed by atoms with Gasteiger partial charge < -0.3 is 10.6 Å². The Morgan fingerprint density at radius 1 is 1.19 bits per heavy atom. The summed E-state index contributed by atoms with van der Waals surface area (Å²) in [6.45, 7) is 10.7. The van der Waals surface area contributed by atoms with Crippen LogP contribution in [0.15, 0.2) is 0 Å². The Balaban J connectivity index is 1.95. The van der Waals surface area contributed by atoms with Gasteiger partial charge in [-0.1, -0.05) is 0 Å². The molecule has 6 heteroatoms. The number of aromatic amines is 1. The fourth-order valence-corrected chi connectivity index (χ4v) is 1.98. The number of H-pyrrole nitrogens is 1. The molecule has 1 aromatic heterocycles. The number of hydrogen-bond donors (Lipinski definition) is 2. The van der Waals surface area contributed by atoms with Crippen LogP contribution in [0, 0.1) is 0 Å². The topological polar surface area (TPSA) is 74.1 Å². The summed E-state index contributed by atoms with van der Waals surface area (Å²) < 4.78 is 0. The van der Waals surface area contributed by atoms with Crippen LogP contribution in [0.3, 0.4) is 0 Å². The number of piperazine rings is 1. The molecule has 2 heterocycles. The average molecular weight is 224 g/mol. The molecule has 2 rings (SSSR count). The molecular formula is C10H20N6. The average Bonchev–Trinajstić information content (AvgIpc) is 2.64. The summed E-state index contributed by atoms with van der Waals surface area (Å²) in [6.07, 6.45) is 0. The second kappa shape index (κ2) is 3.93. The molecule has 90 valence electrons. The van der Waals surface area contributed by atoms with Gasteiger partial charge in [0.2, 0.25) is 11.9 Å². The maximum Gasteiger partial charge on any atom is 0.246 e. The number of nitrogens with zero attached hydrogens (tertiary/aromatic N) is 4. The number of hydrogen-bond acceptors (Lipinski definition) is 5. The fraction of sp³-hybridized carbons (Fsp3) is 0.800. The summed E-state index contributed by atoms with van der Waals surface area (Å²) in [5, 5.41) is 6.74. The first-order valence-electron chi connectivity index (χ1n) is 5.65. The van der Waals surface area contributed by atoms with Gasteiger partial charge in [-0.05, 0) is 20.8 Å². The van der Waals surface area contributed by atoms with Gasteiger partial charge in [0.1, 0.15) is 0 Å². The lowest BCUT2D eigenvalue weighted by Gasteiger charge is -2.41. The lowest BCUT2D eigenvalue weighted by atomic mass is 10.1. The summed E-state index contributed by atoms with van der Waals surface area (Å²) in [4.78, 5) is 8.77. The van der Waals surface area contributed by atoms with Crippen LogP contribution in [0.5, 0.6) is 0 Å². The van der Waals surface area contributed by atoms with Crippen molar-refractivity contribution in [2.45, 2.75) is 26.3 Å². The molecule has 0 amide bonds. The Kier molecular flexibility index (Phi) is 2.75. The van der Waals surface area contributed by atoms with Gasteiger partial charge in [0.05, 0.1) is 0 Å². The van der Waals surface area contributed by atoms with Gasteiger partial charge >= 0.3 is 0 Å². The van der Waals surface area contributed by atoms with Crippen molar-refractivity contribution in [1.82, 2.24) is 20.1 Å². The fourth-order valence-electron chi connectivity index (χ4n) is 1.98. The third kappa shape index (κ3) is 2.27. The van der Waals surface area contributed by atoms with Crippen LogP contribution < -0.4 is 10.6 Å². The molecule has 0 saturated carbocycles. The molecule has 0 unspecified atom stereocenters. The predicted octanol–water partition coefficient (Wildman–Crippen LogP) is 0.307. The minimum atomic E-state index is 0.240. The zero-order valence-electron chi connectivity index (χ0n) is 10.2. The predicted molar refractivity (Wildman–Crippen MR) is 64.3 cm³/mol. The van der Waals surface area contributed by atoms with Gasteiger partial charge in [-0.25, -0.2) is 5.10 Å². The van der Waals surface area contributed by atoms with E-state index in [2.05, 4.69) is 45.8 Å². The zero-order valence-corrected chi connectivity index (χ0v) is 10.2. The molecule has 3 N–H and O–H groups in total. The van der Waals surface area contributed by atoms with Crippen LogP contribution >= 0.6 is 0 Å². The van der Waals surface area contributed by atoms with Crippen LogP contribution in [-0.4, -0.2) is 51.8 Å². The number of nitrogen functional groups attached to an aromatic ring is 1. The van der Waals surface area contributed by atoms with Crippen LogP contribution in [0.2, 0.25) is 0 Å². The number of aromatic nitrogens is 3. The second-order valence-corrected chi connectivity index (χ2v) is 5.17. The molecule has 0 aliphatic carbocycles. The minimum absolute atomic E-state index is 0.240. The highest BCUT2D eigenvalue weighted by atomic mass is 15.4. The number of rotatable bonds is 1. The van der Waals surface area contributed by atoms with E-state index in [0.29, 0.717) is 11.9 Å². The summed E-state index contributed by atoms with van der Waals surface area (Å²) in [7, 11) is 0. The molecule has 1 saturated heterocycles. The van der Waals surface area contributed by atoms with E-state index in [1.807, 2.05) is 0 Å². The monoisotopic (exact) mass is 224 g/mol. The van der Waals surface area contributed by atoms with Crippen molar-refractivity contribution in [3.05, 3.63) is 0 Å². The molecule has 1 aliphatic heterocycles. The molecule has 16 heavy (non-hydrogen) atoms. The van der Waals surface area contributed by atoms with Crippen LogP contribution in [0.4, 0.5) is 11.9 Å². The summed E-state index contributed by atoms with van der Waals surface area (Å²) in [6, 6.07) is 0. The molecule has 0 spiro atoms. The normalized spacial score (nSPS) is 19.1. The quantitative estimate of drug-likeness (QED) is 0.718. The van der Waals surface area contributed by atoms with E-state index < -0.39 is 0 Å². The smallest absolute Gasteiger partial charge is 0.246 e. The Labute approximate surface area is 95.8 Å². The van der Waals surface area contributed by atoms with E-state index in [4.69, 9.17) is 5.73 Å². The second-order valence-electron chi connectivity index (χ2n) is 5.17. The van der Waals surface area contributed by atoms with Gasteiger partial charge in [-0.3, -0.25) is 4.90 Å². The van der Waals surface area contributed by atoms with E-state index in [-0.39, 0.29) is 5.54 Å². The first kappa shape index (κ1) is 11.2. The van der Waals surface area contributed by atoms with E-state index >= 15 is 0 Å². The zero-order chi connectivity index (χ0) is 11.8. The molecule has 0 atom stereocenters. The first-order valence-corrected chi connectivity index (χ1v) is 5.65. The molecule has 1 aliphatic rings. The number of nitrogens with one attached hydrogen (secondary N) is 1. The maximum absolute atomic E-state index is 5.52. The summed E-state index contributed by atoms with van der Waals surface area (Å²) in [5.74, 6) is 1.10. The van der Waals surface area contributed by atoms with Gasteiger partial charge in [-0.15, -0.1) is 5.10 Å². The first-order chi connectivity index (χ1) is 7.47. The SMILES string of the molecule is CC(C)(C)N1CCN(c2n[nH]c(N)n2)CC1. The van der Waals surface area contributed by atoms with Crippen molar-refractivity contribution >= 4 is 11.9 Å². The lowest BCUT2D eigenvalue weighted by Crippen LogP contribution is -2.53. The molecule has 1 fully saturated rings. The van der Waals surface area contributed by atoms with Gasteiger partial charge in [0.25, 0.3) is 0 Å². The highest BCUT2D eigenvalue weighted by Crippen LogP contribution is 2.18. The molecule has 0 radical (unpaired) electrons. The van der Waals surface area contributed by atoms with Gasteiger partial charge in [0, 0.05) is 31.7 Å². The Morgan fingerprint density at radius 3 is 2.25 bits per heavy atom.